The van der Waals surface area contributed by atoms with Crippen LogP contribution in [0.4, 0.5) is 0 Å². The van der Waals surface area contributed by atoms with Crippen molar-refractivity contribution in [1.82, 2.24) is 10.6 Å². The lowest BCUT2D eigenvalue weighted by Gasteiger charge is -2.07. The normalized spacial score (nSPS) is 10.7. The van der Waals surface area contributed by atoms with Gasteiger partial charge in [-0.15, -0.1) is 0 Å². The first-order valence-electron chi connectivity index (χ1n) is 6.17. The van der Waals surface area contributed by atoms with Crippen LogP contribution >= 0.6 is 0 Å². The highest BCUT2D eigenvalue weighted by atomic mass is 16.1. The van der Waals surface area contributed by atoms with Gasteiger partial charge in [0.05, 0.1) is 0 Å². The Hall–Kier alpha value is -0.570. The fraction of sp³-hybridized carbons (Fsp3) is 0.917. The molecule has 0 saturated heterocycles. The average Bonchev–Trinajstić information content (AvgIpc) is 2.21. The van der Waals surface area contributed by atoms with Gasteiger partial charge in [0.2, 0.25) is 5.91 Å². The minimum absolute atomic E-state index is 0.110. The van der Waals surface area contributed by atoms with Gasteiger partial charge in [0.1, 0.15) is 0 Å². The fourth-order valence-corrected chi connectivity index (χ4v) is 1.32. The predicted molar refractivity (Wildman–Crippen MR) is 64.9 cm³/mol. The summed E-state index contributed by atoms with van der Waals surface area (Å²) in [5.41, 5.74) is 0. The Labute approximate surface area is 94.0 Å². The average molecular weight is 214 g/mol. The summed E-state index contributed by atoms with van der Waals surface area (Å²) in [6.45, 7) is 8.98. The molecule has 0 rings (SSSR count). The Morgan fingerprint density at radius 1 is 1.07 bits per heavy atom. The van der Waals surface area contributed by atoms with Crippen molar-refractivity contribution in [2.45, 2.75) is 46.5 Å². The Kier molecular flexibility index (Phi) is 9.59. The van der Waals surface area contributed by atoms with Gasteiger partial charge >= 0.3 is 0 Å². The summed E-state index contributed by atoms with van der Waals surface area (Å²) in [7, 11) is 0. The SMILES string of the molecule is CCNCCCCCCNC(=O)C(C)C. The molecule has 0 aromatic rings. The van der Waals surface area contributed by atoms with Crippen LogP contribution in [0.25, 0.3) is 0 Å². The molecule has 0 aliphatic rings. The lowest BCUT2D eigenvalue weighted by molar-refractivity contribution is -0.123. The molecule has 0 heterocycles. The van der Waals surface area contributed by atoms with E-state index < -0.39 is 0 Å². The minimum atomic E-state index is 0.110. The number of rotatable bonds is 9. The molecule has 0 aromatic carbocycles. The van der Waals surface area contributed by atoms with E-state index in [1.54, 1.807) is 0 Å². The molecule has 3 heteroatoms. The molecule has 0 aliphatic carbocycles. The van der Waals surface area contributed by atoms with Crippen molar-refractivity contribution < 1.29 is 4.79 Å². The molecule has 0 saturated carbocycles. The molecule has 0 aliphatic heterocycles. The lowest BCUT2D eigenvalue weighted by Crippen LogP contribution is -2.28. The van der Waals surface area contributed by atoms with Crippen molar-refractivity contribution in [3.63, 3.8) is 0 Å². The third-order valence-electron chi connectivity index (χ3n) is 2.35. The van der Waals surface area contributed by atoms with E-state index in [-0.39, 0.29) is 11.8 Å². The summed E-state index contributed by atoms with van der Waals surface area (Å²) in [5.74, 6) is 0.279. The highest BCUT2D eigenvalue weighted by Gasteiger charge is 2.04. The van der Waals surface area contributed by atoms with Crippen LogP contribution in [0.3, 0.4) is 0 Å². The maximum Gasteiger partial charge on any atom is 0.222 e. The molecule has 3 nitrogen and oxygen atoms in total. The molecular weight excluding hydrogens is 188 g/mol. The van der Waals surface area contributed by atoms with Gasteiger partial charge in [-0.25, -0.2) is 0 Å². The first kappa shape index (κ1) is 14.4. The minimum Gasteiger partial charge on any atom is -0.356 e. The van der Waals surface area contributed by atoms with E-state index in [1.165, 1.54) is 19.3 Å². The van der Waals surface area contributed by atoms with E-state index >= 15 is 0 Å². The van der Waals surface area contributed by atoms with Crippen LogP contribution in [0.5, 0.6) is 0 Å². The van der Waals surface area contributed by atoms with Gasteiger partial charge in [0.25, 0.3) is 0 Å². The van der Waals surface area contributed by atoms with Crippen molar-refractivity contribution in [2.75, 3.05) is 19.6 Å². The van der Waals surface area contributed by atoms with E-state index in [0.717, 1.165) is 26.1 Å². The third-order valence-corrected chi connectivity index (χ3v) is 2.35. The van der Waals surface area contributed by atoms with Gasteiger partial charge in [-0.1, -0.05) is 33.6 Å². The summed E-state index contributed by atoms with van der Waals surface area (Å²) in [6, 6.07) is 0. The highest BCUT2D eigenvalue weighted by Crippen LogP contribution is 1.98. The van der Waals surface area contributed by atoms with Crippen LogP contribution in [-0.2, 0) is 4.79 Å². The maximum absolute atomic E-state index is 11.2. The number of hydrogen-bond acceptors (Lipinski definition) is 2. The fourth-order valence-electron chi connectivity index (χ4n) is 1.32. The number of nitrogens with one attached hydrogen (secondary N) is 2. The van der Waals surface area contributed by atoms with E-state index in [1.807, 2.05) is 13.8 Å². The van der Waals surface area contributed by atoms with E-state index in [4.69, 9.17) is 0 Å². The smallest absolute Gasteiger partial charge is 0.222 e. The molecule has 1 amide bonds. The zero-order chi connectivity index (χ0) is 11.5. The summed E-state index contributed by atoms with van der Waals surface area (Å²) in [5, 5.41) is 6.23. The van der Waals surface area contributed by atoms with Gasteiger partial charge in [0, 0.05) is 12.5 Å². The van der Waals surface area contributed by atoms with Crippen molar-refractivity contribution in [2.24, 2.45) is 5.92 Å². The molecule has 0 radical (unpaired) electrons. The molecule has 15 heavy (non-hydrogen) atoms. The first-order chi connectivity index (χ1) is 7.18. The van der Waals surface area contributed by atoms with E-state index in [9.17, 15) is 4.79 Å². The topological polar surface area (TPSA) is 41.1 Å². The van der Waals surface area contributed by atoms with Gasteiger partial charge in [-0.2, -0.15) is 0 Å². The third kappa shape index (κ3) is 9.73. The van der Waals surface area contributed by atoms with Crippen molar-refractivity contribution in [1.29, 1.82) is 0 Å². The second-order valence-electron chi connectivity index (χ2n) is 4.21. The van der Waals surface area contributed by atoms with E-state index in [2.05, 4.69) is 17.6 Å². The number of hydrogen-bond donors (Lipinski definition) is 2. The van der Waals surface area contributed by atoms with Gasteiger partial charge < -0.3 is 10.6 Å². The monoisotopic (exact) mass is 214 g/mol. The van der Waals surface area contributed by atoms with Crippen LogP contribution in [0.15, 0.2) is 0 Å². The number of amides is 1. The quantitative estimate of drug-likeness (QED) is 0.576. The van der Waals surface area contributed by atoms with E-state index in [0.29, 0.717) is 0 Å². The van der Waals surface area contributed by atoms with Gasteiger partial charge in [0.15, 0.2) is 0 Å². The number of carbonyl (C=O) groups excluding carboxylic acids is 1. The highest BCUT2D eigenvalue weighted by molar-refractivity contribution is 5.77. The molecule has 0 unspecified atom stereocenters. The Balaban J connectivity index is 3.08. The van der Waals surface area contributed by atoms with Crippen LogP contribution < -0.4 is 10.6 Å². The molecule has 0 fully saturated rings. The van der Waals surface area contributed by atoms with Gasteiger partial charge in [-0.05, 0) is 25.9 Å². The zero-order valence-electron chi connectivity index (χ0n) is 10.4. The first-order valence-corrected chi connectivity index (χ1v) is 6.17. The maximum atomic E-state index is 11.2. The van der Waals surface area contributed by atoms with Gasteiger partial charge in [-0.3, -0.25) is 4.79 Å². The Morgan fingerprint density at radius 2 is 1.67 bits per heavy atom. The summed E-state index contributed by atoms with van der Waals surface area (Å²) < 4.78 is 0. The lowest BCUT2D eigenvalue weighted by atomic mass is 10.1. The summed E-state index contributed by atoms with van der Waals surface area (Å²) in [4.78, 5) is 11.2. The molecular formula is C12H26N2O. The Morgan fingerprint density at radius 3 is 2.20 bits per heavy atom. The number of unbranched alkanes of at least 4 members (excludes halogenated alkanes) is 3. The second-order valence-corrected chi connectivity index (χ2v) is 4.21. The predicted octanol–water partition coefficient (Wildman–Crippen LogP) is 1.93. The van der Waals surface area contributed by atoms with Crippen LogP contribution in [-0.4, -0.2) is 25.5 Å². The largest absolute Gasteiger partial charge is 0.356 e. The molecule has 0 bridgehead atoms. The van der Waals surface area contributed by atoms with Crippen LogP contribution in [0, 0.1) is 5.92 Å². The summed E-state index contributed by atoms with van der Waals surface area (Å²) in [6.07, 6.45) is 4.81. The summed E-state index contributed by atoms with van der Waals surface area (Å²) >= 11 is 0. The van der Waals surface area contributed by atoms with Crippen molar-refractivity contribution >= 4 is 5.91 Å². The second kappa shape index (κ2) is 9.97. The van der Waals surface area contributed by atoms with Crippen molar-refractivity contribution in [3.05, 3.63) is 0 Å². The van der Waals surface area contributed by atoms with Crippen molar-refractivity contribution in [3.8, 4) is 0 Å². The molecule has 0 spiro atoms. The van der Waals surface area contributed by atoms with Crippen LogP contribution in [0.1, 0.15) is 46.5 Å². The molecule has 90 valence electrons. The number of carbonyl (C=O) groups is 1. The molecule has 2 N–H and O–H groups in total. The Bertz CT molecular complexity index is 158. The molecule has 0 atom stereocenters. The van der Waals surface area contributed by atoms with Crippen LogP contribution in [0.2, 0.25) is 0 Å². The molecule has 0 aromatic heterocycles. The standard InChI is InChI=1S/C12H26N2O/c1-4-13-9-7-5-6-8-10-14-12(15)11(2)3/h11,13H,4-10H2,1-3H3,(H,14,15). The zero-order valence-corrected chi connectivity index (χ0v) is 10.4.